The number of hydrogen-bond acceptors (Lipinski definition) is 8. The molecule has 2 unspecified atom stereocenters. The van der Waals surface area contributed by atoms with Gasteiger partial charge in [0, 0.05) is 49.4 Å². The van der Waals surface area contributed by atoms with Crippen molar-refractivity contribution in [1.29, 1.82) is 0 Å². The van der Waals surface area contributed by atoms with Crippen molar-refractivity contribution in [3.05, 3.63) is 208 Å². The second kappa shape index (κ2) is 24.5. The average Bonchev–Trinajstić information content (AvgIpc) is 1.49. The first-order chi connectivity index (χ1) is 57.4. The highest BCUT2D eigenvalue weighted by molar-refractivity contribution is 6.22. The molecule has 4 fully saturated rings. The van der Waals surface area contributed by atoms with Gasteiger partial charge in [-0.3, -0.25) is 8.80 Å². The van der Waals surface area contributed by atoms with Crippen molar-refractivity contribution >= 4 is 54.6 Å². The Bertz CT molecular complexity index is 6800. The molecule has 0 saturated heterocycles. The summed E-state index contributed by atoms with van der Waals surface area (Å²) in [7, 11) is 0. The summed E-state index contributed by atoms with van der Waals surface area (Å²) >= 11 is 0. The number of para-hydroxylation sites is 2. The van der Waals surface area contributed by atoms with Crippen molar-refractivity contribution in [2.45, 2.75) is 248 Å². The first-order valence-corrected chi connectivity index (χ1v) is 44.4. The zero-order valence-electron chi connectivity index (χ0n) is 72.4. The molecule has 10 nitrogen and oxygen atoms in total. The molecule has 8 aliphatic carbocycles. The maximum absolute atomic E-state index is 16.4. The molecule has 618 valence electrons. The van der Waals surface area contributed by atoms with Crippen LogP contribution in [0.25, 0.3) is 134 Å². The van der Waals surface area contributed by atoms with E-state index in [1.165, 1.54) is 57.9 Å². The highest BCUT2D eigenvalue weighted by Gasteiger charge is 2.79. The van der Waals surface area contributed by atoms with E-state index >= 15 is 26.3 Å². The van der Waals surface area contributed by atoms with Crippen LogP contribution in [0, 0.1) is 57.2 Å². The highest BCUT2D eigenvalue weighted by Crippen LogP contribution is 2.84. The molecule has 16 heteroatoms. The lowest BCUT2D eigenvalue weighted by Gasteiger charge is -2.73. The van der Waals surface area contributed by atoms with Crippen LogP contribution < -0.4 is 0 Å². The zero-order valence-corrected chi connectivity index (χ0v) is 72.4. The molecule has 4 saturated carbocycles. The standard InChI is InChI=1S/C105H105F6N9O/c1-17-37-98-50-92(7,8)52-99(38-18-2,53-93(9,10)51-98)102(98)79-43-61(31-35-67(79)83-85(102)114-84-68-36-32-62(91-112-49-59(6)121-91)44-80(68)103(86(84)113-83)100(39-19-3)54-94(11,12)56-101(103,40-20-4)57-95(13,14)55-100)88-116-118-90-74-46-69-65-25-21-23-27-81(65)119-87(115-117-89(119)73(69)45-70(74)66-26-22-24-28-82(66)120(88)90)60-30-34-64-72-48-77-71(47-78(72)97(16,76(64)42-60)105(109,110)111)63-33-29-58(5)41-75(63)96(77,15)104(106,107)108/h21-36,41-49H,17-20,37-40,50-57H2,1-16H3. The Morgan fingerprint density at radius 1 is 0.364 bits per heavy atom. The normalized spacial score (nSPS) is 27.1. The molecule has 2 atom stereocenters. The Labute approximate surface area is 703 Å². The number of nitrogens with zero attached hydrogens (tertiary/aromatic N) is 9. The van der Waals surface area contributed by atoms with Gasteiger partial charge < -0.3 is 4.42 Å². The number of alkyl halides is 6. The maximum Gasteiger partial charge on any atom is 0.402 e. The monoisotopic (exact) mass is 1620 g/mol. The van der Waals surface area contributed by atoms with Crippen LogP contribution in [0.5, 0.6) is 0 Å². The van der Waals surface area contributed by atoms with Crippen LogP contribution in [0.1, 0.15) is 256 Å². The van der Waals surface area contributed by atoms with E-state index in [0.717, 1.165) is 194 Å². The number of oxazole rings is 1. The molecular weight excluding hydrogens is 1520 g/mol. The fourth-order valence-electron chi connectivity index (χ4n) is 30.4. The summed E-state index contributed by atoms with van der Waals surface area (Å²) in [6.07, 6.45) is 9.14. The fraction of sp³-hybridized carbons (Fsp3) is 0.438. The van der Waals surface area contributed by atoms with Crippen molar-refractivity contribution in [3.63, 3.8) is 0 Å². The van der Waals surface area contributed by atoms with Gasteiger partial charge in [0.15, 0.2) is 22.9 Å². The van der Waals surface area contributed by atoms with Gasteiger partial charge in [-0.05, 0) is 275 Å². The van der Waals surface area contributed by atoms with Gasteiger partial charge in [0.05, 0.1) is 50.8 Å². The molecule has 0 radical (unpaired) electrons. The van der Waals surface area contributed by atoms with Crippen LogP contribution in [0.3, 0.4) is 0 Å². The molecule has 6 aromatic heterocycles. The number of aryl methyl sites for hydroxylation is 2. The lowest BCUT2D eigenvalue weighted by Crippen LogP contribution is -2.68. The molecule has 8 aromatic carbocycles. The summed E-state index contributed by atoms with van der Waals surface area (Å²) in [6, 6.07) is 47.9. The minimum Gasteiger partial charge on any atom is -0.441 e. The average molecular weight is 1620 g/mol. The molecular formula is C105H105F6N9O. The number of pyridine rings is 2. The van der Waals surface area contributed by atoms with E-state index in [-0.39, 0.29) is 87.8 Å². The second-order valence-electron chi connectivity index (χ2n) is 42.4. The van der Waals surface area contributed by atoms with Crippen LogP contribution in [0.15, 0.2) is 156 Å². The smallest absolute Gasteiger partial charge is 0.402 e. The number of halogens is 6. The maximum atomic E-state index is 16.4. The van der Waals surface area contributed by atoms with Gasteiger partial charge in [-0.15, -0.1) is 20.4 Å². The van der Waals surface area contributed by atoms with E-state index < -0.39 is 34.0 Å². The molecule has 0 aliphatic heterocycles. The SMILES string of the molecule is CCCC12CC(C)(C)CC(CCC)(CC(C)(C)C1)C21c2cc(-c3ncc(C)o3)ccc2-c2nc3c(nc21)-c1ccc(-c2nnc4c5cc6c7ccccc7n7c(-c8ccc9c(c8)C(C)(C(F)(F)F)c8cc%10c(cc8-9)C(C)(C(F)(F)F)c8cc(C)ccc8-%10)nnc7c6cc5c5ccccc5n24)cc1C31C2(CCC)CC(C)(C)CC1(CCC)CC(C)(C)C2. The molecule has 2 spiro atoms. The van der Waals surface area contributed by atoms with Crippen molar-refractivity contribution in [2.24, 2.45) is 43.3 Å². The summed E-state index contributed by atoms with van der Waals surface area (Å²) in [5.74, 6) is 2.50. The van der Waals surface area contributed by atoms with E-state index in [1.807, 2.05) is 35.7 Å². The van der Waals surface area contributed by atoms with Crippen molar-refractivity contribution in [3.8, 4) is 79.0 Å². The van der Waals surface area contributed by atoms with Crippen LogP contribution in [-0.2, 0) is 21.7 Å². The lowest BCUT2D eigenvalue weighted by molar-refractivity contribution is -0.180. The Kier molecular flexibility index (Phi) is 15.6. The molecule has 6 heterocycles. The Balaban J connectivity index is 0.752. The van der Waals surface area contributed by atoms with Crippen LogP contribution in [-0.4, -0.2) is 56.5 Å². The highest BCUT2D eigenvalue weighted by atomic mass is 19.4. The van der Waals surface area contributed by atoms with Crippen LogP contribution >= 0.6 is 0 Å². The Morgan fingerprint density at radius 2 is 0.719 bits per heavy atom. The van der Waals surface area contributed by atoms with Gasteiger partial charge in [-0.1, -0.05) is 199 Å². The molecule has 22 rings (SSSR count). The summed E-state index contributed by atoms with van der Waals surface area (Å²) in [5, 5.41) is 25.9. The van der Waals surface area contributed by atoms with Crippen molar-refractivity contribution in [1.82, 2.24) is 44.1 Å². The number of fused-ring (bicyclic) bond motifs is 24. The third kappa shape index (κ3) is 9.61. The predicted molar refractivity (Wildman–Crippen MR) is 471 cm³/mol. The summed E-state index contributed by atoms with van der Waals surface area (Å²) in [5.41, 5.74) is 9.35. The molecule has 4 bridgehead atoms. The third-order valence-electron chi connectivity index (χ3n) is 32.0. The van der Waals surface area contributed by atoms with E-state index in [1.54, 1.807) is 31.2 Å². The number of rotatable bonds is 11. The molecule has 8 aliphatic rings. The zero-order chi connectivity index (χ0) is 84.4. The predicted octanol–water partition coefficient (Wildman–Crippen LogP) is 28.4. The molecule has 0 amide bonds. The Morgan fingerprint density at radius 3 is 1.11 bits per heavy atom. The first-order valence-electron chi connectivity index (χ1n) is 44.4. The van der Waals surface area contributed by atoms with E-state index in [4.69, 9.17) is 39.8 Å². The Hall–Kier alpha value is -10.1. The third-order valence-corrected chi connectivity index (χ3v) is 32.0. The van der Waals surface area contributed by atoms with Crippen LogP contribution in [0.4, 0.5) is 26.3 Å². The van der Waals surface area contributed by atoms with Gasteiger partial charge in [0.1, 0.15) is 16.6 Å². The van der Waals surface area contributed by atoms with Gasteiger partial charge >= 0.3 is 12.4 Å². The fourth-order valence-corrected chi connectivity index (χ4v) is 30.4. The van der Waals surface area contributed by atoms with E-state index in [0.29, 0.717) is 34.1 Å². The molecule has 14 aromatic rings. The van der Waals surface area contributed by atoms with Gasteiger partial charge in [-0.25, -0.2) is 15.0 Å². The minimum absolute atomic E-state index is 0.0212. The van der Waals surface area contributed by atoms with E-state index in [2.05, 4.69) is 166 Å². The molecule has 0 N–H and O–H groups in total. The van der Waals surface area contributed by atoms with E-state index in [9.17, 15) is 0 Å². The summed E-state index contributed by atoms with van der Waals surface area (Å²) in [4.78, 5) is 18.5. The summed E-state index contributed by atoms with van der Waals surface area (Å²) in [6.45, 7) is 36.3. The number of benzene rings is 8. The van der Waals surface area contributed by atoms with Crippen LogP contribution in [0.2, 0.25) is 0 Å². The second-order valence-corrected chi connectivity index (χ2v) is 42.4. The number of hydrogen-bond donors (Lipinski definition) is 0. The molecule has 121 heavy (non-hydrogen) atoms. The first kappa shape index (κ1) is 77.0. The van der Waals surface area contributed by atoms with Gasteiger partial charge in [-0.2, -0.15) is 26.3 Å². The summed E-state index contributed by atoms with van der Waals surface area (Å²) < 4.78 is 107. The number of aromatic nitrogens is 9. The van der Waals surface area contributed by atoms with Crippen molar-refractivity contribution < 1.29 is 30.8 Å². The quantitative estimate of drug-likeness (QED) is 0.0715. The largest absolute Gasteiger partial charge is 0.441 e. The van der Waals surface area contributed by atoms with Gasteiger partial charge in [0.25, 0.3) is 0 Å². The van der Waals surface area contributed by atoms with Gasteiger partial charge in [0.2, 0.25) is 5.89 Å². The topological polar surface area (TPSA) is 112 Å². The van der Waals surface area contributed by atoms with Crippen molar-refractivity contribution in [2.75, 3.05) is 0 Å². The lowest BCUT2D eigenvalue weighted by atomic mass is 9.30. The minimum atomic E-state index is -4.87.